The molecule has 0 bridgehead atoms. The molecule has 1 aliphatic heterocycles. The van der Waals surface area contributed by atoms with Crippen LogP contribution in [0.15, 0.2) is 22.8 Å². The van der Waals surface area contributed by atoms with Crippen LogP contribution in [0, 0.1) is 0 Å². The van der Waals surface area contributed by atoms with E-state index in [1.165, 1.54) is 12.8 Å². The molecule has 5 nitrogen and oxygen atoms in total. The number of rotatable bonds is 7. The lowest BCUT2D eigenvalue weighted by molar-refractivity contribution is -0.123. The van der Waals surface area contributed by atoms with Crippen LogP contribution in [0.25, 0.3) is 0 Å². The molecule has 112 valence electrons. The highest BCUT2D eigenvalue weighted by Gasteiger charge is 2.21. The molecule has 1 aliphatic rings. The molecule has 1 fully saturated rings. The molecule has 0 saturated carbocycles. The number of carbonyl (C=O) groups is 1. The van der Waals surface area contributed by atoms with Crippen LogP contribution in [0.1, 0.15) is 32.4 Å². The van der Waals surface area contributed by atoms with Crippen molar-refractivity contribution in [1.29, 1.82) is 0 Å². The topological polar surface area (TPSA) is 57.5 Å². The summed E-state index contributed by atoms with van der Waals surface area (Å²) in [5, 5.41) is 6.38. The van der Waals surface area contributed by atoms with E-state index >= 15 is 0 Å². The van der Waals surface area contributed by atoms with Gasteiger partial charge in [-0.2, -0.15) is 0 Å². The van der Waals surface area contributed by atoms with Gasteiger partial charge in [-0.1, -0.05) is 0 Å². The molecular formula is C15H25N3O2. The van der Waals surface area contributed by atoms with Crippen LogP contribution in [0.2, 0.25) is 0 Å². The number of hydrogen-bond acceptors (Lipinski definition) is 4. The van der Waals surface area contributed by atoms with E-state index in [0.29, 0.717) is 25.2 Å². The number of carbonyl (C=O) groups excluding carboxylic acids is 1. The normalized spacial score (nSPS) is 18.9. The molecule has 1 aromatic rings. The molecule has 0 spiro atoms. The van der Waals surface area contributed by atoms with Gasteiger partial charge >= 0.3 is 0 Å². The van der Waals surface area contributed by atoms with Crippen molar-refractivity contribution in [1.82, 2.24) is 15.5 Å². The zero-order valence-corrected chi connectivity index (χ0v) is 12.4. The molecule has 1 atom stereocenters. The summed E-state index contributed by atoms with van der Waals surface area (Å²) >= 11 is 0. The largest absolute Gasteiger partial charge is 0.467 e. The van der Waals surface area contributed by atoms with E-state index < -0.39 is 0 Å². The van der Waals surface area contributed by atoms with Gasteiger partial charge in [0.05, 0.1) is 19.4 Å². The summed E-state index contributed by atoms with van der Waals surface area (Å²) in [5.74, 6) is 0.833. The molecule has 1 amide bonds. The van der Waals surface area contributed by atoms with E-state index in [9.17, 15) is 4.79 Å². The second-order valence-corrected chi connectivity index (χ2v) is 5.67. The van der Waals surface area contributed by atoms with Crippen LogP contribution in [0.4, 0.5) is 0 Å². The van der Waals surface area contributed by atoms with Gasteiger partial charge in [-0.05, 0) is 45.4 Å². The van der Waals surface area contributed by atoms with Crippen molar-refractivity contribution in [2.24, 2.45) is 0 Å². The van der Waals surface area contributed by atoms with Gasteiger partial charge < -0.3 is 15.1 Å². The van der Waals surface area contributed by atoms with Crippen LogP contribution in [0.3, 0.4) is 0 Å². The Kier molecular flexibility index (Phi) is 5.61. The monoisotopic (exact) mass is 279 g/mol. The molecule has 1 unspecified atom stereocenters. The Hall–Kier alpha value is -1.33. The van der Waals surface area contributed by atoms with E-state index in [1.807, 2.05) is 12.1 Å². The average Bonchev–Trinajstić information content (AvgIpc) is 3.08. The number of amides is 1. The Balaban J connectivity index is 1.76. The number of nitrogens with zero attached hydrogens (tertiary/aromatic N) is 1. The van der Waals surface area contributed by atoms with Gasteiger partial charge in [-0.3, -0.25) is 9.69 Å². The van der Waals surface area contributed by atoms with Crippen molar-refractivity contribution >= 4 is 5.91 Å². The molecule has 2 rings (SSSR count). The molecule has 1 aromatic heterocycles. The number of furan rings is 1. The summed E-state index contributed by atoms with van der Waals surface area (Å²) in [6, 6.07) is 4.58. The van der Waals surface area contributed by atoms with Gasteiger partial charge in [-0.15, -0.1) is 0 Å². The van der Waals surface area contributed by atoms with E-state index in [-0.39, 0.29) is 5.91 Å². The summed E-state index contributed by atoms with van der Waals surface area (Å²) < 4.78 is 5.21. The maximum Gasteiger partial charge on any atom is 0.234 e. The zero-order valence-electron chi connectivity index (χ0n) is 12.4. The minimum Gasteiger partial charge on any atom is -0.467 e. The Labute approximate surface area is 120 Å². The van der Waals surface area contributed by atoms with E-state index in [1.54, 1.807) is 6.26 Å². The van der Waals surface area contributed by atoms with Crippen molar-refractivity contribution in [3.05, 3.63) is 24.2 Å². The van der Waals surface area contributed by atoms with Gasteiger partial charge in [-0.25, -0.2) is 0 Å². The summed E-state index contributed by atoms with van der Waals surface area (Å²) in [6.07, 6.45) is 4.06. The Morgan fingerprint density at radius 1 is 1.60 bits per heavy atom. The Bertz CT molecular complexity index is 397. The van der Waals surface area contributed by atoms with Gasteiger partial charge in [0.2, 0.25) is 5.91 Å². The third kappa shape index (κ3) is 4.65. The van der Waals surface area contributed by atoms with Crippen LogP contribution in [0.5, 0.6) is 0 Å². The summed E-state index contributed by atoms with van der Waals surface area (Å²) in [4.78, 5) is 14.2. The van der Waals surface area contributed by atoms with Crippen LogP contribution < -0.4 is 10.6 Å². The standard InChI is InChI=1S/C15H25N3O2/c1-12(2)18(10-13-5-3-7-16-13)11-15(19)17-9-14-6-4-8-20-14/h4,6,8,12-13,16H,3,5,7,9-11H2,1-2H3,(H,17,19). The predicted molar refractivity (Wildman–Crippen MR) is 78.3 cm³/mol. The fraction of sp³-hybridized carbons (Fsp3) is 0.667. The van der Waals surface area contributed by atoms with Crippen molar-refractivity contribution in [3.8, 4) is 0 Å². The third-order valence-electron chi connectivity index (χ3n) is 3.73. The van der Waals surface area contributed by atoms with E-state index in [4.69, 9.17) is 4.42 Å². The highest BCUT2D eigenvalue weighted by Crippen LogP contribution is 2.09. The van der Waals surface area contributed by atoms with Crippen molar-refractivity contribution in [3.63, 3.8) is 0 Å². The molecule has 2 N–H and O–H groups in total. The minimum atomic E-state index is 0.0492. The van der Waals surface area contributed by atoms with E-state index in [2.05, 4.69) is 29.4 Å². The highest BCUT2D eigenvalue weighted by atomic mass is 16.3. The van der Waals surface area contributed by atoms with Gasteiger partial charge in [0, 0.05) is 18.6 Å². The van der Waals surface area contributed by atoms with Crippen molar-refractivity contribution < 1.29 is 9.21 Å². The second-order valence-electron chi connectivity index (χ2n) is 5.67. The fourth-order valence-corrected chi connectivity index (χ4v) is 2.49. The summed E-state index contributed by atoms with van der Waals surface area (Å²) in [7, 11) is 0. The maximum absolute atomic E-state index is 12.0. The highest BCUT2D eigenvalue weighted by molar-refractivity contribution is 5.77. The number of nitrogens with one attached hydrogen (secondary N) is 2. The smallest absolute Gasteiger partial charge is 0.234 e. The lowest BCUT2D eigenvalue weighted by Gasteiger charge is -2.28. The zero-order chi connectivity index (χ0) is 14.4. The molecule has 5 heteroatoms. The summed E-state index contributed by atoms with van der Waals surface area (Å²) in [5.41, 5.74) is 0. The molecule has 1 saturated heterocycles. The van der Waals surface area contributed by atoms with Crippen LogP contribution >= 0.6 is 0 Å². The molecule has 0 radical (unpaired) electrons. The van der Waals surface area contributed by atoms with Gasteiger partial charge in [0.1, 0.15) is 5.76 Å². The third-order valence-corrected chi connectivity index (χ3v) is 3.73. The SMILES string of the molecule is CC(C)N(CC(=O)NCc1ccco1)CC1CCCN1. The van der Waals surface area contributed by atoms with Crippen LogP contribution in [-0.2, 0) is 11.3 Å². The molecular weight excluding hydrogens is 254 g/mol. The van der Waals surface area contributed by atoms with E-state index in [0.717, 1.165) is 18.8 Å². The quantitative estimate of drug-likeness (QED) is 0.791. The first-order valence-electron chi connectivity index (χ1n) is 7.41. The average molecular weight is 279 g/mol. The summed E-state index contributed by atoms with van der Waals surface area (Å²) in [6.45, 7) is 7.20. The lowest BCUT2D eigenvalue weighted by Crippen LogP contribution is -2.46. The van der Waals surface area contributed by atoms with Gasteiger partial charge in [0.25, 0.3) is 0 Å². The molecule has 0 aliphatic carbocycles. The van der Waals surface area contributed by atoms with Crippen molar-refractivity contribution in [2.45, 2.75) is 45.3 Å². The van der Waals surface area contributed by atoms with Crippen molar-refractivity contribution in [2.75, 3.05) is 19.6 Å². The first-order valence-corrected chi connectivity index (χ1v) is 7.41. The molecule has 0 aromatic carbocycles. The number of hydrogen-bond donors (Lipinski definition) is 2. The first kappa shape index (κ1) is 15.1. The lowest BCUT2D eigenvalue weighted by atomic mass is 10.2. The van der Waals surface area contributed by atoms with Gasteiger partial charge in [0.15, 0.2) is 0 Å². The molecule has 2 heterocycles. The Morgan fingerprint density at radius 2 is 2.45 bits per heavy atom. The first-order chi connectivity index (χ1) is 9.65. The molecule has 20 heavy (non-hydrogen) atoms. The Morgan fingerprint density at radius 3 is 3.05 bits per heavy atom. The second kappa shape index (κ2) is 7.45. The fourth-order valence-electron chi connectivity index (χ4n) is 2.49. The minimum absolute atomic E-state index is 0.0492. The maximum atomic E-state index is 12.0. The van der Waals surface area contributed by atoms with Crippen LogP contribution in [-0.4, -0.2) is 42.5 Å². The predicted octanol–water partition coefficient (Wildman–Crippen LogP) is 1.36.